The van der Waals surface area contributed by atoms with Crippen LogP contribution in [0.2, 0.25) is 0 Å². The fraction of sp³-hybridized carbons (Fsp3) is 0.643. The van der Waals surface area contributed by atoms with E-state index in [4.69, 9.17) is 4.74 Å². The Labute approximate surface area is 114 Å². The van der Waals surface area contributed by atoms with Crippen molar-refractivity contribution >= 4 is 11.9 Å². The molecule has 0 N–H and O–H groups in total. The fourth-order valence-electron chi connectivity index (χ4n) is 2.16. The molecule has 5 nitrogen and oxygen atoms in total. The molecule has 5 heteroatoms. The minimum atomic E-state index is -0.381. The average Bonchev–Trinajstić information content (AvgIpc) is 2.67. The summed E-state index contributed by atoms with van der Waals surface area (Å²) in [6.07, 6.45) is 6.32. The van der Waals surface area contributed by atoms with E-state index in [2.05, 4.69) is 14.9 Å². The molecule has 0 atom stereocenters. The summed E-state index contributed by atoms with van der Waals surface area (Å²) in [5.74, 6) is 0.258. The lowest BCUT2D eigenvalue weighted by Crippen LogP contribution is -2.26. The molecule has 0 unspecified atom stereocenters. The Balaban J connectivity index is 2.11. The maximum atomic E-state index is 11.8. The zero-order chi connectivity index (χ0) is 13.7. The summed E-state index contributed by atoms with van der Waals surface area (Å²) in [5.41, 5.74) is 0.336. The quantitative estimate of drug-likeness (QED) is 0.784. The van der Waals surface area contributed by atoms with Crippen molar-refractivity contribution in [3.63, 3.8) is 0 Å². The Bertz CT molecular complexity index is 426. The van der Waals surface area contributed by atoms with Crippen LogP contribution >= 0.6 is 0 Å². The third-order valence-corrected chi connectivity index (χ3v) is 3.08. The van der Waals surface area contributed by atoms with Crippen LogP contribution in [0.5, 0.6) is 0 Å². The number of rotatable bonds is 3. The first kappa shape index (κ1) is 13.8. The molecule has 0 aromatic carbocycles. The monoisotopic (exact) mass is 263 g/mol. The summed E-state index contributed by atoms with van der Waals surface area (Å²) in [5, 5.41) is 0. The molecular weight excluding hydrogens is 242 g/mol. The van der Waals surface area contributed by atoms with Gasteiger partial charge in [-0.25, -0.2) is 14.8 Å². The Morgan fingerprint density at radius 1 is 1.26 bits per heavy atom. The van der Waals surface area contributed by atoms with Crippen LogP contribution in [0, 0.1) is 0 Å². The van der Waals surface area contributed by atoms with Crippen LogP contribution in [0.1, 0.15) is 50.0 Å². The summed E-state index contributed by atoms with van der Waals surface area (Å²) in [6, 6.07) is 1.60. The van der Waals surface area contributed by atoms with Crippen molar-refractivity contribution in [2.75, 3.05) is 18.0 Å². The van der Waals surface area contributed by atoms with Gasteiger partial charge in [0.2, 0.25) is 5.95 Å². The Morgan fingerprint density at radius 3 is 2.58 bits per heavy atom. The lowest BCUT2D eigenvalue weighted by molar-refractivity contribution is 0.0370. The molecule has 0 aliphatic carbocycles. The van der Waals surface area contributed by atoms with E-state index in [0.29, 0.717) is 11.6 Å². The van der Waals surface area contributed by atoms with Crippen LogP contribution in [-0.4, -0.2) is 35.1 Å². The zero-order valence-corrected chi connectivity index (χ0v) is 11.6. The van der Waals surface area contributed by atoms with E-state index in [9.17, 15) is 4.79 Å². The molecule has 0 amide bonds. The molecule has 19 heavy (non-hydrogen) atoms. The van der Waals surface area contributed by atoms with Gasteiger partial charge >= 0.3 is 5.97 Å². The number of anilines is 1. The number of hydrogen-bond donors (Lipinski definition) is 0. The first-order valence-electron chi connectivity index (χ1n) is 6.96. The van der Waals surface area contributed by atoms with Gasteiger partial charge in [0.05, 0.1) is 6.10 Å². The number of nitrogens with zero attached hydrogens (tertiary/aromatic N) is 3. The van der Waals surface area contributed by atoms with Gasteiger partial charge in [0.1, 0.15) is 0 Å². The lowest BCUT2D eigenvalue weighted by Gasteiger charge is -2.20. The molecule has 0 spiro atoms. The third kappa shape index (κ3) is 3.91. The standard InChI is InChI=1S/C14H21N3O2/c1-11(2)19-13(18)12-7-8-15-14(16-12)17-9-5-3-4-6-10-17/h7-8,11H,3-6,9-10H2,1-2H3. The van der Waals surface area contributed by atoms with Crippen LogP contribution in [0.3, 0.4) is 0 Å². The van der Waals surface area contributed by atoms with Gasteiger partial charge in [-0.3, -0.25) is 0 Å². The number of ether oxygens (including phenoxy) is 1. The predicted molar refractivity (Wildman–Crippen MR) is 73.3 cm³/mol. The van der Waals surface area contributed by atoms with Crippen LogP contribution in [0.15, 0.2) is 12.3 Å². The van der Waals surface area contributed by atoms with E-state index in [1.807, 2.05) is 13.8 Å². The van der Waals surface area contributed by atoms with E-state index < -0.39 is 0 Å². The second-order valence-corrected chi connectivity index (χ2v) is 5.10. The lowest BCUT2D eigenvalue weighted by atomic mass is 10.2. The van der Waals surface area contributed by atoms with Gasteiger partial charge in [0.15, 0.2) is 5.69 Å². The number of carbonyl (C=O) groups is 1. The molecule has 0 bridgehead atoms. The van der Waals surface area contributed by atoms with Crippen molar-refractivity contribution in [1.82, 2.24) is 9.97 Å². The largest absolute Gasteiger partial charge is 0.458 e. The molecule has 1 fully saturated rings. The van der Waals surface area contributed by atoms with Crippen LogP contribution in [0.25, 0.3) is 0 Å². The highest BCUT2D eigenvalue weighted by Crippen LogP contribution is 2.15. The average molecular weight is 263 g/mol. The van der Waals surface area contributed by atoms with E-state index in [-0.39, 0.29) is 12.1 Å². The van der Waals surface area contributed by atoms with Gasteiger partial charge in [-0.1, -0.05) is 12.8 Å². The SMILES string of the molecule is CC(C)OC(=O)c1ccnc(N2CCCCCC2)n1. The van der Waals surface area contributed by atoms with Crippen molar-refractivity contribution in [1.29, 1.82) is 0 Å². The second kappa shape index (κ2) is 6.50. The molecule has 1 aromatic heterocycles. The molecule has 104 valence electrons. The van der Waals surface area contributed by atoms with Gasteiger partial charge in [0, 0.05) is 19.3 Å². The van der Waals surface area contributed by atoms with Crippen LogP contribution < -0.4 is 4.90 Å². The van der Waals surface area contributed by atoms with Gasteiger partial charge in [-0.05, 0) is 32.8 Å². The summed E-state index contributed by atoms with van der Waals surface area (Å²) >= 11 is 0. The summed E-state index contributed by atoms with van der Waals surface area (Å²) in [7, 11) is 0. The minimum Gasteiger partial charge on any atom is -0.458 e. The highest BCUT2D eigenvalue weighted by Gasteiger charge is 2.16. The second-order valence-electron chi connectivity index (χ2n) is 5.10. The Morgan fingerprint density at radius 2 is 1.95 bits per heavy atom. The number of esters is 1. The molecule has 2 heterocycles. The van der Waals surface area contributed by atoms with E-state index in [0.717, 1.165) is 25.9 Å². The summed E-state index contributed by atoms with van der Waals surface area (Å²) in [6.45, 7) is 5.58. The third-order valence-electron chi connectivity index (χ3n) is 3.08. The molecule has 1 saturated heterocycles. The van der Waals surface area contributed by atoms with Gasteiger partial charge < -0.3 is 9.64 Å². The van der Waals surface area contributed by atoms with Gasteiger partial charge in [-0.15, -0.1) is 0 Å². The summed E-state index contributed by atoms with van der Waals surface area (Å²) in [4.78, 5) is 22.6. The molecule has 0 radical (unpaired) electrons. The van der Waals surface area contributed by atoms with Crippen molar-refractivity contribution in [2.45, 2.75) is 45.6 Å². The zero-order valence-electron chi connectivity index (χ0n) is 11.6. The maximum Gasteiger partial charge on any atom is 0.357 e. The first-order valence-corrected chi connectivity index (χ1v) is 6.96. The molecule has 0 saturated carbocycles. The van der Waals surface area contributed by atoms with Crippen molar-refractivity contribution < 1.29 is 9.53 Å². The fourth-order valence-corrected chi connectivity index (χ4v) is 2.16. The molecular formula is C14H21N3O2. The van der Waals surface area contributed by atoms with E-state index in [1.165, 1.54) is 12.8 Å². The van der Waals surface area contributed by atoms with E-state index in [1.54, 1.807) is 12.3 Å². The number of carbonyl (C=O) groups excluding carboxylic acids is 1. The molecule has 2 rings (SSSR count). The van der Waals surface area contributed by atoms with Gasteiger partial charge in [-0.2, -0.15) is 0 Å². The molecule has 1 aliphatic heterocycles. The van der Waals surface area contributed by atoms with Gasteiger partial charge in [0.25, 0.3) is 0 Å². The van der Waals surface area contributed by atoms with E-state index >= 15 is 0 Å². The van der Waals surface area contributed by atoms with Crippen LogP contribution in [0.4, 0.5) is 5.95 Å². The highest BCUT2D eigenvalue weighted by molar-refractivity contribution is 5.87. The number of hydrogen-bond acceptors (Lipinski definition) is 5. The summed E-state index contributed by atoms with van der Waals surface area (Å²) < 4.78 is 5.16. The Hall–Kier alpha value is -1.65. The normalized spacial score (nSPS) is 16.3. The molecule has 1 aromatic rings. The predicted octanol–water partition coefficient (Wildman–Crippen LogP) is 2.42. The number of aromatic nitrogens is 2. The first-order chi connectivity index (χ1) is 9.16. The topological polar surface area (TPSA) is 55.3 Å². The van der Waals surface area contributed by atoms with Crippen LogP contribution in [-0.2, 0) is 4.74 Å². The maximum absolute atomic E-state index is 11.8. The van der Waals surface area contributed by atoms with Crippen molar-refractivity contribution in [2.24, 2.45) is 0 Å². The van der Waals surface area contributed by atoms with Crippen molar-refractivity contribution in [3.8, 4) is 0 Å². The minimum absolute atomic E-state index is 0.135. The Kier molecular flexibility index (Phi) is 4.71. The van der Waals surface area contributed by atoms with Crippen molar-refractivity contribution in [3.05, 3.63) is 18.0 Å². The molecule has 1 aliphatic rings. The highest BCUT2D eigenvalue weighted by atomic mass is 16.5. The smallest absolute Gasteiger partial charge is 0.357 e.